The van der Waals surface area contributed by atoms with Crippen molar-refractivity contribution in [3.8, 4) is 5.75 Å². The van der Waals surface area contributed by atoms with E-state index in [0.29, 0.717) is 22.2 Å². The molecule has 122 valence electrons. The first-order chi connectivity index (χ1) is 11.6. The summed E-state index contributed by atoms with van der Waals surface area (Å²) < 4.78 is 11.2. The number of ether oxygens (including phenoxy) is 1. The number of nitrogens with one attached hydrogen (secondary N) is 1. The Labute approximate surface area is 144 Å². The highest BCUT2D eigenvalue weighted by atomic mass is 35.5. The molecule has 2 heterocycles. The zero-order chi connectivity index (χ0) is 16.9. The third-order valence-corrected chi connectivity index (χ3v) is 3.76. The van der Waals surface area contributed by atoms with Gasteiger partial charge in [0.15, 0.2) is 5.76 Å². The Hall–Kier alpha value is -2.79. The second kappa shape index (κ2) is 7.19. The van der Waals surface area contributed by atoms with E-state index >= 15 is 0 Å². The summed E-state index contributed by atoms with van der Waals surface area (Å²) in [6.07, 6.45) is 3.20. The number of nitrogens with zero attached hydrogens (tertiary/aromatic N) is 1. The maximum absolute atomic E-state index is 12.1. The molecule has 1 N–H and O–H groups in total. The molecular formula is C18H15ClN2O3. The number of halogens is 1. The van der Waals surface area contributed by atoms with E-state index in [1.165, 1.54) is 0 Å². The molecule has 0 radical (unpaired) electrons. The van der Waals surface area contributed by atoms with Crippen LogP contribution in [0, 0.1) is 6.92 Å². The number of pyridine rings is 1. The van der Waals surface area contributed by atoms with E-state index in [1.807, 2.05) is 13.0 Å². The SMILES string of the molecule is Cc1cc(OCc2ccc(C(=O)Nc3ccncc3)o2)ccc1Cl. The number of benzene rings is 1. The number of amides is 1. The van der Waals surface area contributed by atoms with E-state index in [2.05, 4.69) is 10.3 Å². The minimum absolute atomic E-state index is 0.220. The quantitative estimate of drug-likeness (QED) is 0.743. The van der Waals surface area contributed by atoms with Crippen molar-refractivity contribution in [3.05, 3.63) is 77.0 Å². The van der Waals surface area contributed by atoms with Crippen molar-refractivity contribution in [1.29, 1.82) is 0 Å². The minimum Gasteiger partial charge on any atom is -0.486 e. The highest BCUT2D eigenvalue weighted by Gasteiger charge is 2.12. The first kappa shape index (κ1) is 16.1. The van der Waals surface area contributed by atoms with Gasteiger partial charge < -0.3 is 14.5 Å². The van der Waals surface area contributed by atoms with Crippen molar-refractivity contribution in [2.24, 2.45) is 0 Å². The van der Waals surface area contributed by atoms with Gasteiger partial charge >= 0.3 is 0 Å². The van der Waals surface area contributed by atoms with E-state index in [1.54, 1.807) is 48.8 Å². The third kappa shape index (κ3) is 3.94. The molecular weight excluding hydrogens is 328 g/mol. The molecule has 0 aliphatic carbocycles. The molecule has 0 bridgehead atoms. The van der Waals surface area contributed by atoms with Gasteiger partial charge in [-0.1, -0.05) is 11.6 Å². The number of carbonyl (C=O) groups excluding carboxylic acids is 1. The van der Waals surface area contributed by atoms with E-state index in [9.17, 15) is 4.79 Å². The molecule has 5 nitrogen and oxygen atoms in total. The summed E-state index contributed by atoms with van der Waals surface area (Å²) in [5, 5.41) is 3.42. The Bertz CT molecular complexity index is 846. The van der Waals surface area contributed by atoms with E-state index in [4.69, 9.17) is 20.8 Å². The third-order valence-electron chi connectivity index (χ3n) is 3.33. The predicted octanol–water partition coefficient (Wildman–Crippen LogP) is 4.47. The monoisotopic (exact) mass is 342 g/mol. The van der Waals surface area contributed by atoms with Crippen molar-refractivity contribution in [2.45, 2.75) is 13.5 Å². The van der Waals surface area contributed by atoms with Gasteiger partial charge in [0.1, 0.15) is 18.1 Å². The smallest absolute Gasteiger partial charge is 0.291 e. The fraction of sp³-hybridized carbons (Fsp3) is 0.111. The van der Waals surface area contributed by atoms with E-state index in [-0.39, 0.29) is 18.3 Å². The lowest BCUT2D eigenvalue weighted by Gasteiger charge is -2.06. The van der Waals surface area contributed by atoms with Crippen molar-refractivity contribution in [2.75, 3.05) is 5.32 Å². The lowest BCUT2D eigenvalue weighted by Crippen LogP contribution is -2.10. The fourth-order valence-corrected chi connectivity index (χ4v) is 2.18. The van der Waals surface area contributed by atoms with E-state index in [0.717, 1.165) is 5.56 Å². The van der Waals surface area contributed by atoms with Crippen LogP contribution in [0.3, 0.4) is 0 Å². The first-order valence-electron chi connectivity index (χ1n) is 7.31. The molecule has 0 saturated carbocycles. The normalized spacial score (nSPS) is 10.4. The van der Waals surface area contributed by atoms with Crippen LogP contribution < -0.4 is 10.1 Å². The summed E-state index contributed by atoms with van der Waals surface area (Å²) in [4.78, 5) is 16.0. The van der Waals surface area contributed by atoms with Crippen LogP contribution in [0.1, 0.15) is 21.9 Å². The summed E-state index contributed by atoms with van der Waals surface area (Å²) in [6, 6.07) is 12.1. The fourth-order valence-electron chi connectivity index (χ4n) is 2.07. The molecule has 0 unspecified atom stereocenters. The Morgan fingerprint density at radius 2 is 2.00 bits per heavy atom. The molecule has 3 rings (SSSR count). The molecule has 24 heavy (non-hydrogen) atoms. The standard InChI is InChI=1S/C18H15ClN2O3/c1-12-10-14(2-4-16(12)19)23-11-15-3-5-17(24-15)18(22)21-13-6-8-20-9-7-13/h2-10H,11H2,1H3,(H,20,21,22). The number of aromatic nitrogens is 1. The largest absolute Gasteiger partial charge is 0.486 e. The molecule has 0 aliphatic heterocycles. The Kier molecular flexibility index (Phi) is 4.82. The highest BCUT2D eigenvalue weighted by Crippen LogP contribution is 2.22. The zero-order valence-electron chi connectivity index (χ0n) is 13.0. The summed E-state index contributed by atoms with van der Waals surface area (Å²) in [5.74, 6) is 1.14. The number of rotatable bonds is 5. The maximum atomic E-state index is 12.1. The molecule has 0 saturated heterocycles. The average Bonchev–Trinajstić information content (AvgIpc) is 3.06. The maximum Gasteiger partial charge on any atom is 0.291 e. The Morgan fingerprint density at radius 3 is 2.75 bits per heavy atom. The van der Waals surface area contributed by atoms with Gasteiger partial charge in [0, 0.05) is 23.1 Å². The van der Waals surface area contributed by atoms with Gasteiger partial charge in [-0.25, -0.2) is 0 Å². The molecule has 3 aromatic rings. The average molecular weight is 343 g/mol. The molecule has 0 aliphatic rings. The minimum atomic E-state index is -0.324. The van der Waals surface area contributed by atoms with Crippen LogP contribution in [0.15, 0.2) is 59.3 Å². The van der Waals surface area contributed by atoms with Gasteiger partial charge in [-0.05, 0) is 55.0 Å². The predicted molar refractivity (Wildman–Crippen MR) is 91.4 cm³/mol. The van der Waals surface area contributed by atoms with Crippen LogP contribution in [-0.4, -0.2) is 10.9 Å². The van der Waals surface area contributed by atoms with Crippen LogP contribution in [0.5, 0.6) is 5.75 Å². The molecule has 0 fully saturated rings. The Balaban J connectivity index is 1.60. The summed E-state index contributed by atoms with van der Waals surface area (Å²) in [7, 11) is 0. The van der Waals surface area contributed by atoms with Gasteiger partial charge in [0.25, 0.3) is 5.91 Å². The summed E-state index contributed by atoms with van der Waals surface area (Å²) in [6.45, 7) is 2.13. The van der Waals surface area contributed by atoms with Crippen LogP contribution in [-0.2, 0) is 6.61 Å². The lowest BCUT2D eigenvalue weighted by atomic mass is 10.2. The Morgan fingerprint density at radius 1 is 1.21 bits per heavy atom. The van der Waals surface area contributed by atoms with Gasteiger partial charge in [-0.2, -0.15) is 0 Å². The number of furan rings is 1. The lowest BCUT2D eigenvalue weighted by molar-refractivity contribution is 0.0992. The summed E-state index contributed by atoms with van der Waals surface area (Å²) >= 11 is 5.98. The number of anilines is 1. The molecule has 0 atom stereocenters. The van der Waals surface area contributed by atoms with Gasteiger partial charge in [0.05, 0.1) is 0 Å². The second-order valence-electron chi connectivity index (χ2n) is 5.16. The van der Waals surface area contributed by atoms with Crippen LogP contribution >= 0.6 is 11.6 Å². The van der Waals surface area contributed by atoms with Gasteiger partial charge in [-0.3, -0.25) is 9.78 Å². The topological polar surface area (TPSA) is 64.4 Å². The van der Waals surface area contributed by atoms with Gasteiger partial charge in [0.2, 0.25) is 0 Å². The zero-order valence-corrected chi connectivity index (χ0v) is 13.7. The van der Waals surface area contributed by atoms with Gasteiger partial charge in [-0.15, -0.1) is 0 Å². The van der Waals surface area contributed by atoms with Crippen LogP contribution in [0.25, 0.3) is 0 Å². The number of carbonyl (C=O) groups is 1. The van der Waals surface area contributed by atoms with E-state index < -0.39 is 0 Å². The molecule has 1 aromatic carbocycles. The highest BCUT2D eigenvalue weighted by molar-refractivity contribution is 6.31. The number of hydrogen-bond donors (Lipinski definition) is 1. The molecule has 1 amide bonds. The van der Waals surface area contributed by atoms with Crippen molar-refractivity contribution >= 4 is 23.2 Å². The number of hydrogen-bond acceptors (Lipinski definition) is 4. The van der Waals surface area contributed by atoms with Crippen molar-refractivity contribution < 1.29 is 13.9 Å². The molecule has 0 spiro atoms. The van der Waals surface area contributed by atoms with Crippen LogP contribution in [0.4, 0.5) is 5.69 Å². The molecule has 2 aromatic heterocycles. The summed E-state index contributed by atoms with van der Waals surface area (Å²) in [5.41, 5.74) is 1.59. The molecule has 6 heteroatoms. The van der Waals surface area contributed by atoms with Crippen molar-refractivity contribution in [1.82, 2.24) is 4.98 Å². The van der Waals surface area contributed by atoms with Crippen molar-refractivity contribution in [3.63, 3.8) is 0 Å². The van der Waals surface area contributed by atoms with Crippen LogP contribution in [0.2, 0.25) is 5.02 Å². The first-order valence-corrected chi connectivity index (χ1v) is 7.68. The second-order valence-corrected chi connectivity index (χ2v) is 5.56. The number of aryl methyl sites for hydroxylation is 1.